The summed E-state index contributed by atoms with van der Waals surface area (Å²) < 4.78 is 30.0. The van der Waals surface area contributed by atoms with Crippen molar-refractivity contribution < 1.29 is 13.2 Å². The number of nitrogens with zero attached hydrogens (tertiary/aromatic N) is 2. The average Bonchev–Trinajstić information content (AvgIpc) is 3.11. The molecule has 0 radical (unpaired) electrons. The molecule has 4 aromatic rings. The Morgan fingerprint density at radius 1 is 1.03 bits per heavy atom. The van der Waals surface area contributed by atoms with Crippen molar-refractivity contribution in [3.8, 4) is 11.3 Å². The highest BCUT2D eigenvalue weighted by Gasteiger charge is 2.16. The van der Waals surface area contributed by atoms with Gasteiger partial charge < -0.3 is 4.40 Å². The lowest BCUT2D eigenvalue weighted by Gasteiger charge is -2.10. The van der Waals surface area contributed by atoms with Crippen molar-refractivity contribution in [3.05, 3.63) is 84.2 Å². The van der Waals surface area contributed by atoms with E-state index in [2.05, 4.69) is 9.71 Å². The second kappa shape index (κ2) is 7.18. The first-order valence-electron chi connectivity index (χ1n) is 9.01. The van der Waals surface area contributed by atoms with E-state index in [1.807, 2.05) is 41.9 Å². The topological polar surface area (TPSA) is 80.5 Å². The number of sulfonamides is 1. The van der Waals surface area contributed by atoms with Crippen LogP contribution in [0.15, 0.2) is 78.0 Å². The number of carbonyl (C=O) groups is 1. The lowest BCUT2D eigenvalue weighted by Crippen LogP contribution is -2.13. The predicted octanol–water partition coefficient (Wildman–Crippen LogP) is 4.31. The Balaban J connectivity index is 1.66. The van der Waals surface area contributed by atoms with E-state index in [1.54, 1.807) is 30.3 Å². The molecule has 4 rings (SSSR count). The first-order chi connectivity index (χ1) is 13.8. The number of fused-ring (bicyclic) bond motifs is 1. The molecule has 0 spiro atoms. The van der Waals surface area contributed by atoms with Crippen LogP contribution in [-0.4, -0.2) is 23.6 Å². The van der Waals surface area contributed by atoms with E-state index in [1.165, 1.54) is 19.1 Å². The number of aryl methyl sites for hydroxylation is 1. The Kier molecular flexibility index (Phi) is 4.68. The number of ketones is 1. The fraction of sp³-hybridized carbons (Fsp3) is 0.0909. The zero-order chi connectivity index (χ0) is 20.6. The predicted molar refractivity (Wildman–Crippen MR) is 113 cm³/mol. The third-order valence-electron chi connectivity index (χ3n) is 4.58. The Morgan fingerprint density at radius 3 is 2.62 bits per heavy atom. The van der Waals surface area contributed by atoms with Crippen molar-refractivity contribution >= 4 is 27.1 Å². The highest BCUT2D eigenvalue weighted by Crippen LogP contribution is 2.25. The van der Waals surface area contributed by atoms with Crippen molar-refractivity contribution in [2.75, 3.05) is 4.72 Å². The number of rotatable bonds is 5. The zero-order valence-electron chi connectivity index (χ0n) is 16.0. The number of hydrogen-bond acceptors (Lipinski definition) is 4. The minimum atomic E-state index is -3.83. The first-order valence-corrected chi connectivity index (χ1v) is 10.5. The number of anilines is 1. The van der Waals surface area contributed by atoms with Gasteiger partial charge in [0.25, 0.3) is 10.0 Å². The van der Waals surface area contributed by atoms with Crippen LogP contribution in [0.2, 0.25) is 0 Å². The molecule has 1 N–H and O–H groups in total. The van der Waals surface area contributed by atoms with Crippen molar-refractivity contribution in [3.63, 3.8) is 0 Å². The summed E-state index contributed by atoms with van der Waals surface area (Å²) in [6.07, 6.45) is 3.84. The van der Waals surface area contributed by atoms with Crippen LogP contribution in [-0.2, 0) is 10.0 Å². The number of hydrogen-bond donors (Lipinski definition) is 1. The van der Waals surface area contributed by atoms with E-state index < -0.39 is 10.0 Å². The number of imidazole rings is 1. The van der Waals surface area contributed by atoms with Crippen LogP contribution in [0.1, 0.15) is 22.8 Å². The van der Waals surface area contributed by atoms with Crippen LogP contribution in [0.5, 0.6) is 0 Å². The molecule has 7 heteroatoms. The van der Waals surface area contributed by atoms with E-state index in [0.29, 0.717) is 11.3 Å². The molecular formula is C22H19N3O3S. The van der Waals surface area contributed by atoms with Crippen molar-refractivity contribution in [2.45, 2.75) is 18.7 Å². The molecule has 0 unspecified atom stereocenters. The summed E-state index contributed by atoms with van der Waals surface area (Å²) in [6, 6.07) is 17.0. The van der Waals surface area contributed by atoms with Crippen molar-refractivity contribution in [1.29, 1.82) is 0 Å². The van der Waals surface area contributed by atoms with Gasteiger partial charge in [0.05, 0.1) is 10.6 Å². The monoisotopic (exact) mass is 405 g/mol. The highest BCUT2D eigenvalue weighted by molar-refractivity contribution is 7.92. The summed E-state index contributed by atoms with van der Waals surface area (Å²) in [5.74, 6) is -0.189. The molecule has 0 atom stereocenters. The van der Waals surface area contributed by atoms with Crippen LogP contribution >= 0.6 is 0 Å². The third kappa shape index (κ3) is 3.90. The summed E-state index contributed by atoms with van der Waals surface area (Å²) >= 11 is 0. The Bertz CT molecular complexity index is 1340. The van der Waals surface area contributed by atoms with Crippen LogP contribution in [0, 0.1) is 6.92 Å². The zero-order valence-corrected chi connectivity index (χ0v) is 16.8. The van der Waals surface area contributed by atoms with Gasteiger partial charge in [0, 0.05) is 29.2 Å². The van der Waals surface area contributed by atoms with Crippen LogP contribution in [0.25, 0.3) is 16.9 Å². The molecule has 0 saturated heterocycles. The highest BCUT2D eigenvalue weighted by atomic mass is 32.2. The quantitative estimate of drug-likeness (QED) is 0.502. The van der Waals surface area contributed by atoms with E-state index in [9.17, 15) is 13.2 Å². The SMILES string of the molecule is CC(=O)c1cccc(S(=O)(=O)Nc2cccc(-c3cn4ccc(C)cc4n3)c2)c1. The molecule has 0 aliphatic carbocycles. The number of aromatic nitrogens is 2. The fourth-order valence-corrected chi connectivity index (χ4v) is 4.16. The lowest BCUT2D eigenvalue weighted by molar-refractivity contribution is 0.101. The van der Waals surface area contributed by atoms with Crippen molar-refractivity contribution in [2.24, 2.45) is 0 Å². The maximum absolute atomic E-state index is 12.8. The van der Waals surface area contributed by atoms with Crippen LogP contribution in [0.3, 0.4) is 0 Å². The Labute approximate surface area is 168 Å². The second-order valence-electron chi connectivity index (χ2n) is 6.87. The normalized spacial score (nSPS) is 11.5. The number of benzene rings is 2. The van der Waals surface area contributed by atoms with Gasteiger partial charge in [-0.2, -0.15) is 0 Å². The summed E-state index contributed by atoms with van der Waals surface area (Å²) in [5.41, 5.74) is 4.25. The lowest BCUT2D eigenvalue weighted by atomic mass is 10.1. The molecule has 2 aromatic carbocycles. The van der Waals surface area contributed by atoms with Gasteiger partial charge in [-0.15, -0.1) is 0 Å². The molecule has 0 saturated carbocycles. The molecule has 0 aliphatic heterocycles. The fourth-order valence-electron chi connectivity index (χ4n) is 3.06. The number of Topliss-reactive ketones (excluding diaryl/α,β-unsaturated/α-hetero) is 1. The molecule has 0 fully saturated rings. The summed E-state index contributed by atoms with van der Waals surface area (Å²) in [6.45, 7) is 3.41. The van der Waals surface area contributed by atoms with Crippen molar-refractivity contribution in [1.82, 2.24) is 9.38 Å². The van der Waals surface area contributed by atoms with Gasteiger partial charge in [-0.1, -0.05) is 24.3 Å². The maximum atomic E-state index is 12.8. The average molecular weight is 405 g/mol. The molecule has 2 heterocycles. The van der Waals surface area contributed by atoms with Gasteiger partial charge in [-0.25, -0.2) is 13.4 Å². The van der Waals surface area contributed by atoms with Gasteiger partial charge in [0.1, 0.15) is 5.65 Å². The number of pyridine rings is 1. The molecular weight excluding hydrogens is 386 g/mol. The summed E-state index contributed by atoms with van der Waals surface area (Å²) in [5, 5.41) is 0. The number of nitrogens with one attached hydrogen (secondary N) is 1. The summed E-state index contributed by atoms with van der Waals surface area (Å²) in [7, 11) is -3.83. The smallest absolute Gasteiger partial charge is 0.261 e. The third-order valence-corrected chi connectivity index (χ3v) is 5.96. The molecule has 0 aliphatic rings. The van der Waals surface area contributed by atoms with Gasteiger partial charge in [0.15, 0.2) is 5.78 Å². The molecule has 2 aromatic heterocycles. The first kappa shape index (κ1) is 18.9. The minimum Gasteiger partial charge on any atom is -0.306 e. The molecule has 29 heavy (non-hydrogen) atoms. The Hall–Kier alpha value is -3.45. The van der Waals surface area contributed by atoms with E-state index >= 15 is 0 Å². The number of carbonyl (C=O) groups excluding carboxylic acids is 1. The standard InChI is InChI=1S/C22H19N3O3S/c1-15-9-10-25-14-21(23-22(25)11-15)18-6-3-7-19(12-18)24-29(27,28)20-8-4-5-17(13-20)16(2)26/h3-14,24H,1-2H3. The van der Waals surface area contributed by atoms with Gasteiger partial charge in [0.2, 0.25) is 0 Å². The van der Waals surface area contributed by atoms with Crippen LogP contribution in [0.4, 0.5) is 5.69 Å². The summed E-state index contributed by atoms with van der Waals surface area (Å²) in [4.78, 5) is 16.2. The van der Waals surface area contributed by atoms with Gasteiger partial charge in [-0.3, -0.25) is 9.52 Å². The minimum absolute atomic E-state index is 0.0406. The van der Waals surface area contributed by atoms with E-state index in [-0.39, 0.29) is 10.7 Å². The molecule has 146 valence electrons. The largest absolute Gasteiger partial charge is 0.306 e. The van der Waals surface area contributed by atoms with Gasteiger partial charge in [-0.05, 0) is 55.8 Å². The Morgan fingerprint density at radius 2 is 1.83 bits per heavy atom. The van der Waals surface area contributed by atoms with Gasteiger partial charge >= 0.3 is 0 Å². The molecule has 0 amide bonds. The van der Waals surface area contributed by atoms with E-state index in [4.69, 9.17) is 0 Å². The van der Waals surface area contributed by atoms with E-state index in [0.717, 1.165) is 22.5 Å². The maximum Gasteiger partial charge on any atom is 0.261 e. The second-order valence-corrected chi connectivity index (χ2v) is 8.55. The van der Waals surface area contributed by atoms with Crippen LogP contribution < -0.4 is 4.72 Å². The molecule has 6 nitrogen and oxygen atoms in total. The molecule has 0 bridgehead atoms.